The highest BCUT2D eigenvalue weighted by molar-refractivity contribution is 4.85. The van der Waals surface area contributed by atoms with Gasteiger partial charge in [0.1, 0.15) is 0 Å². The van der Waals surface area contributed by atoms with Crippen molar-refractivity contribution in [1.82, 2.24) is 0 Å². The van der Waals surface area contributed by atoms with E-state index in [4.69, 9.17) is 0 Å². The average Bonchev–Trinajstić information content (AvgIpc) is 2.22. The highest BCUT2D eigenvalue weighted by atomic mass is 14.0. The van der Waals surface area contributed by atoms with Crippen molar-refractivity contribution < 1.29 is 0 Å². The predicted molar refractivity (Wildman–Crippen MR) is 64.5 cm³/mol. The minimum absolute atomic E-state index is 1.27. The fourth-order valence-corrected chi connectivity index (χ4v) is 1.88. The van der Waals surface area contributed by atoms with Gasteiger partial charge in [-0.3, -0.25) is 0 Å². The van der Waals surface area contributed by atoms with Gasteiger partial charge in [0.15, 0.2) is 0 Å². The first-order chi connectivity index (χ1) is 7.00. The van der Waals surface area contributed by atoms with E-state index in [-0.39, 0.29) is 0 Å². The zero-order valence-corrected chi connectivity index (χ0v) is 9.38. The molecule has 0 aromatic carbocycles. The molecule has 0 saturated heterocycles. The van der Waals surface area contributed by atoms with Crippen LogP contribution in [0, 0.1) is 0 Å². The highest BCUT2D eigenvalue weighted by Gasteiger charge is 1.90. The van der Waals surface area contributed by atoms with Crippen LogP contribution in [-0.4, -0.2) is 0 Å². The largest absolute Gasteiger partial charge is 0.0885 e. The SMILES string of the molecule is C1=CCCCCCCC/C=C\CCC1. The molecule has 0 atom stereocenters. The smallest absolute Gasteiger partial charge is 0.0348 e. The summed E-state index contributed by atoms with van der Waals surface area (Å²) in [6, 6.07) is 0. The molecule has 0 heterocycles. The first-order valence-corrected chi connectivity index (χ1v) is 6.30. The number of hydrogen-bond donors (Lipinski definition) is 0. The fourth-order valence-electron chi connectivity index (χ4n) is 1.88. The second-order valence-electron chi connectivity index (χ2n) is 4.22. The van der Waals surface area contributed by atoms with Crippen molar-refractivity contribution in [3.8, 4) is 0 Å². The van der Waals surface area contributed by atoms with Gasteiger partial charge in [0, 0.05) is 0 Å². The van der Waals surface area contributed by atoms with E-state index in [2.05, 4.69) is 24.3 Å². The Balaban J connectivity index is 2.16. The van der Waals surface area contributed by atoms with Crippen molar-refractivity contribution in [2.75, 3.05) is 0 Å². The summed E-state index contributed by atoms with van der Waals surface area (Å²) < 4.78 is 0. The van der Waals surface area contributed by atoms with Crippen LogP contribution in [0.1, 0.15) is 64.2 Å². The molecule has 0 bridgehead atoms. The van der Waals surface area contributed by atoms with Crippen LogP contribution < -0.4 is 0 Å². The lowest BCUT2D eigenvalue weighted by Crippen LogP contribution is -1.79. The molecule has 0 nitrogen and oxygen atoms in total. The third kappa shape index (κ3) is 6.94. The quantitative estimate of drug-likeness (QED) is 0.473. The molecular formula is C14H24. The van der Waals surface area contributed by atoms with Crippen molar-refractivity contribution in [2.24, 2.45) is 0 Å². The van der Waals surface area contributed by atoms with Crippen LogP contribution >= 0.6 is 0 Å². The fraction of sp³-hybridized carbons (Fsp3) is 0.714. The van der Waals surface area contributed by atoms with Crippen LogP contribution in [0.4, 0.5) is 0 Å². The van der Waals surface area contributed by atoms with Crippen molar-refractivity contribution in [1.29, 1.82) is 0 Å². The molecule has 1 rings (SSSR count). The normalized spacial score (nSPS) is 24.0. The number of rotatable bonds is 0. The zero-order chi connectivity index (χ0) is 9.90. The Kier molecular flexibility index (Phi) is 7.47. The topological polar surface area (TPSA) is 0 Å². The maximum Gasteiger partial charge on any atom is -0.0348 e. The first-order valence-electron chi connectivity index (χ1n) is 6.30. The van der Waals surface area contributed by atoms with E-state index in [1.54, 1.807) is 0 Å². The molecule has 1 aliphatic carbocycles. The van der Waals surface area contributed by atoms with Crippen LogP contribution in [0.5, 0.6) is 0 Å². The van der Waals surface area contributed by atoms with E-state index in [1.165, 1.54) is 64.2 Å². The van der Waals surface area contributed by atoms with E-state index < -0.39 is 0 Å². The molecule has 0 spiro atoms. The van der Waals surface area contributed by atoms with E-state index >= 15 is 0 Å². The number of hydrogen-bond acceptors (Lipinski definition) is 0. The van der Waals surface area contributed by atoms with Crippen molar-refractivity contribution >= 4 is 0 Å². The molecule has 0 N–H and O–H groups in total. The van der Waals surface area contributed by atoms with Crippen LogP contribution in [0.15, 0.2) is 24.3 Å². The average molecular weight is 192 g/mol. The van der Waals surface area contributed by atoms with E-state index in [9.17, 15) is 0 Å². The Labute approximate surface area is 89.1 Å². The molecular weight excluding hydrogens is 168 g/mol. The molecule has 0 unspecified atom stereocenters. The van der Waals surface area contributed by atoms with Crippen molar-refractivity contribution in [3.63, 3.8) is 0 Å². The Morgan fingerprint density at radius 2 is 0.714 bits per heavy atom. The maximum atomic E-state index is 2.37. The van der Waals surface area contributed by atoms with Gasteiger partial charge in [0.2, 0.25) is 0 Å². The second kappa shape index (κ2) is 9.05. The summed E-state index contributed by atoms with van der Waals surface area (Å²) in [5, 5.41) is 0. The molecule has 0 saturated carbocycles. The Hall–Kier alpha value is -0.520. The standard InChI is InChI=1S/C14H24/c1-2-4-6-8-10-12-14-13-11-9-7-5-3-1/h1-2,9,11H,3-8,10,12-14H2/b2-1-,11-9?. The van der Waals surface area contributed by atoms with Gasteiger partial charge in [-0.25, -0.2) is 0 Å². The molecule has 0 heteroatoms. The zero-order valence-electron chi connectivity index (χ0n) is 9.38. The van der Waals surface area contributed by atoms with Gasteiger partial charge < -0.3 is 0 Å². The van der Waals surface area contributed by atoms with Gasteiger partial charge >= 0.3 is 0 Å². The van der Waals surface area contributed by atoms with Gasteiger partial charge in [-0.15, -0.1) is 0 Å². The highest BCUT2D eigenvalue weighted by Crippen LogP contribution is 2.09. The van der Waals surface area contributed by atoms with Gasteiger partial charge in [-0.1, -0.05) is 43.6 Å². The minimum atomic E-state index is 1.27. The van der Waals surface area contributed by atoms with Crippen LogP contribution in [0.3, 0.4) is 0 Å². The maximum absolute atomic E-state index is 2.37. The summed E-state index contributed by atoms with van der Waals surface area (Å²) in [6.45, 7) is 0. The van der Waals surface area contributed by atoms with Crippen LogP contribution in [0.25, 0.3) is 0 Å². The Morgan fingerprint density at radius 1 is 0.357 bits per heavy atom. The van der Waals surface area contributed by atoms with Crippen LogP contribution in [-0.2, 0) is 0 Å². The van der Waals surface area contributed by atoms with Gasteiger partial charge in [0.05, 0.1) is 0 Å². The van der Waals surface area contributed by atoms with Crippen LogP contribution in [0.2, 0.25) is 0 Å². The second-order valence-corrected chi connectivity index (χ2v) is 4.22. The molecule has 0 radical (unpaired) electrons. The Morgan fingerprint density at radius 3 is 1.21 bits per heavy atom. The lowest BCUT2D eigenvalue weighted by molar-refractivity contribution is 0.620. The molecule has 0 fully saturated rings. The molecule has 80 valence electrons. The monoisotopic (exact) mass is 192 g/mol. The molecule has 0 aliphatic heterocycles. The summed E-state index contributed by atoms with van der Waals surface area (Å²) in [5.74, 6) is 0. The van der Waals surface area contributed by atoms with E-state index in [0.717, 1.165) is 0 Å². The number of allylic oxidation sites excluding steroid dienone is 4. The molecule has 1 aliphatic rings. The molecule has 14 heavy (non-hydrogen) atoms. The summed E-state index contributed by atoms with van der Waals surface area (Å²) in [4.78, 5) is 0. The molecule has 0 aromatic rings. The minimum Gasteiger partial charge on any atom is -0.0885 e. The molecule has 0 amide bonds. The Bertz CT molecular complexity index is 147. The van der Waals surface area contributed by atoms with E-state index in [0.29, 0.717) is 0 Å². The summed E-state index contributed by atoms with van der Waals surface area (Å²) >= 11 is 0. The third-order valence-electron chi connectivity index (χ3n) is 2.82. The summed E-state index contributed by atoms with van der Waals surface area (Å²) in [5.41, 5.74) is 0. The summed E-state index contributed by atoms with van der Waals surface area (Å²) in [7, 11) is 0. The third-order valence-corrected chi connectivity index (χ3v) is 2.82. The first kappa shape index (κ1) is 11.6. The predicted octanol–water partition coefficient (Wildman–Crippen LogP) is 5.01. The lowest BCUT2D eigenvalue weighted by atomic mass is 10.1. The van der Waals surface area contributed by atoms with Crippen molar-refractivity contribution in [3.05, 3.63) is 24.3 Å². The molecule has 0 aromatic heterocycles. The van der Waals surface area contributed by atoms with E-state index in [1.807, 2.05) is 0 Å². The van der Waals surface area contributed by atoms with Gasteiger partial charge in [-0.05, 0) is 44.9 Å². The van der Waals surface area contributed by atoms with Crippen molar-refractivity contribution in [2.45, 2.75) is 64.2 Å². The van der Waals surface area contributed by atoms with Gasteiger partial charge in [-0.2, -0.15) is 0 Å². The summed E-state index contributed by atoms with van der Waals surface area (Å²) in [6.07, 6.45) is 23.0. The lowest BCUT2D eigenvalue weighted by Gasteiger charge is -1.99. The van der Waals surface area contributed by atoms with Gasteiger partial charge in [0.25, 0.3) is 0 Å².